The first-order valence-electron chi connectivity index (χ1n) is 13.9. The van der Waals surface area contributed by atoms with Gasteiger partial charge in [0, 0.05) is 17.1 Å². The van der Waals surface area contributed by atoms with Crippen molar-refractivity contribution in [1.82, 2.24) is 20.9 Å². The summed E-state index contributed by atoms with van der Waals surface area (Å²) in [6.07, 6.45) is 3.28. The van der Waals surface area contributed by atoms with Crippen molar-refractivity contribution in [3.05, 3.63) is 71.9 Å². The number of nitrogens with one attached hydrogen (secondary N) is 4. The molecular weight excluding hydrogens is 538 g/mol. The zero-order valence-electron chi connectivity index (χ0n) is 23.6. The molecule has 224 valence electrons. The first-order chi connectivity index (χ1) is 20.1. The number of rotatable bonds is 15. The molecule has 42 heavy (non-hydrogen) atoms. The molecule has 5 amide bonds. The summed E-state index contributed by atoms with van der Waals surface area (Å²) in [6.45, 7) is 1.93. The molecule has 0 aliphatic heterocycles. The molecule has 0 radical (unpaired) electrons. The van der Waals surface area contributed by atoms with Crippen LogP contribution in [0.1, 0.15) is 43.7 Å². The first-order valence-corrected chi connectivity index (χ1v) is 13.9. The highest BCUT2D eigenvalue weighted by Gasteiger charge is 2.29. The number of benzene rings is 2. The molecule has 1 heterocycles. The largest absolute Gasteiger partial charge is 0.368 e. The van der Waals surface area contributed by atoms with Crippen molar-refractivity contribution < 1.29 is 24.0 Å². The highest BCUT2D eigenvalue weighted by molar-refractivity contribution is 6.00. The third kappa shape index (κ3) is 9.25. The Hall–Kier alpha value is -4.55. The van der Waals surface area contributed by atoms with E-state index in [1.54, 1.807) is 30.5 Å². The highest BCUT2D eigenvalue weighted by atomic mass is 16.2. The molecule has 0 spiro atoms. The van der Waals surface area contributed by atoms with Crippen LogP contribution in [0, 0.1) is 0 Å². The summed E-state index contributed by atoms with van der Waals surface area (Å²) in [7, 11) is 0. The van der Waals surface area contributed by atoms with E-state index in [9.17, 15) is 24.0 Å². The number of imide groups is 1. The topological polar surface area (TPSA) is 215 Å². The number of amides is 5. The zero-order valence-corrected chi connectivity index (χ0v) is 23.6. The summed E-state index contributed by atoms with van der Waals surface area (Å²) in [6, 6.07) is 12.3. The van der Waals surface area contributed by atoms with Gasteiger partial charge in [-0.05, 0) is 36.5 Å². The van der Waals surface area contributed by atoms with Gasteiger partial charge in [0.25, 0.3) is 0 Å². The molecular formula is C30H39N7O5. The van der Waals surface area contributed by atoms with E-state index in [2.05, 4.69) is 20.9 Å². The second-order valence-electron chi connectivity index (χ2n) is 10.2. The molecule has 3 aromatic rings. The molecule has 10 N–H and O–H groups in total. The number of unbranched alkanes of at least 4 members (excludes halogenated alkanes) is 1. The Balaban J connectivity index is 1.58. The number of primary amides is 1. The number of aromatic amines is 1. The molecule has 0 saturated heterocycles. The average molecular weight is 578 g/mol. The van der Waals surface area contributed by atoms with Gasteiger partial charge in [-0.2, -0.15) is 0 Å². The number of hydrogen-bond acceptors (Lipinski definition) is 7. The van der Waals surface area contributed by atoms with Crippen molar-refractivity contribution >= 4 is 40.4 Å². The van der Waals surface area contributed by atoms with E-state index in [4.69, 9.17) is 17.2 Å². The van der Waals surface area contributed by atoms with Gasteiger partial charge in [0.15, 0.2) is 0 Å². The first kappa shape index (κ1) is 32.0. The van der Waals surface area contributed by atoms with Crippen molar-refractivity contribution in [2.75, 3.05) is 0 Å². The normalized spacial score (nSPS) is 13.9. The summed E-state index contributed by atoms with van der Waals surface area (Å²) < 4.78 is 0. The van der Waals surface area contributed by atoms with Gasteiger partial charge >= 0.3 is 0 Å². The predicted molar refractivity (Wildman–Crippen MR) is 158 cm³/mol. The average Bonchev–Trinajstić information content (AvgIpc) is 3.37. The number of para-hydroxylation sites is 1. The van der Waals surface area contributed by atoms with Gasteiger partial charge in [0.2, 0.25) is 29.5 Å². The molecule has 4 atom stereocenters. The van der Waals surface area contributed by atoms with Gasteiger partial charge in [-0.25, -0.2) is 0 Å². The minimum atomic E-state index is -1.42. The molecule has 3 rings (SSSR count). The fourth-order valence-corrected chi connectivity index (χ4v) is 4.51. The van der Waals surface area contributed by atoms with Gasteiger partial charge in [-0.1, -0.05) is 68.3 Å². The fourth-order valence-electron chi connectivity index (χ4n) is 4.51. The Bertz CT molecular complexity index is 1390. The molecule has 0 aliphatic carbocycles. The standard InChI is InChI=1S/C30H39N7O5/c1-2-3-12-24(35-28(40)22(32)15-19-17-34-23-13-8-7-11-20(19)23)30(42)36-25(27(33)39)16-26(38)37-29(41)21(31)14-18-9-5-4-6-10-18/h4-11,13,17,21-22,24-25,34H,2-3,12,14-16,31-32H2,1H3,(H2,33,39)(H,35,40)(H,36,42)(H,37,38,41)/t21-,22-,24-,25-/m0/s1. The lowest BCUT2D eigenvalue weighted by atomic mass is 10.0. The van der Waals surface area contributed by atoms with E-state index in [1.165, 1.54) is 0 Å². The van der Waals surface area contributed by atoms with Crippen LogP contribution in [-0.2, 0) is 36.8 Å². The molecule has 2 aromatic carbocycles. The van der Waals surface area contributed by atoms with Crippen LogP contribution in [0.3, 0.4) is 0 Å². The minimum Gasteiger partial charge on any atom is -0.368 e. The molecule has 0 unspecified atom stereocenters. The van der Waals surface area contributed by atoms with Crippen LogP contribution in [-0.4, -0.2) is 58.7 Å². The lowest BCUT2D eigenvalue weighted by Crippen LogP contribution is -2.56. The van der Waals surface area contributed by atoms with Gasteiger partial charge in [-0.15, -0.1) is 0 Å². The Kier molecular flexibility index (Phi) is 11.8. The predicted octanol–water partition coefficient (Wildman–Crippen LogP) is 0.286. The van der Waals surface area contributed by atoms with Crippen LogP contribution in [0.15, 0.2) is 60.8 Å². The quantitative estimate of drug-likeness (QED) is 0.134. The van der Waals surface area contributed by atoms with Crippen molar-refractivity contribution in [2.24, 2.45) is 17.2 Å². The number of carbonyl (C=O) groups excluding carboxylic acids is 5. The second kappa shape index (κ2) is 15.5. The monoisotopic (exact) mass is 577 g/mol. The van der Waals surface area contributed by atoms with Crippen molar-refractivity contribution in [1.29, 1.82) is 0 Å². The number of hydrogen-bond donors (Lipinski definition) is 7. The van der Waals surface area contributed by atoms with E-state index in [0.717, 1.165) is 28.5 Å². The summed E-state index contributed by atoms with van der Waals surface area (Å²) in [5.74, 6) is -3.77. The molecule has 0 saturated carbocycles. The molecule has 12 heteroatoms. The third-order valence-electron chi connectivity index (χ3n) is 6.88. The van der Waals surface area contributed by atoms with Crippen LogP contribution in [0.4, 0.5) is 0 Å². The van der Waals surface area contributed by atoms with Crippen LogP contribution in [0.25, 0.3) is 10.9 Å². The van der Waals surface area contributed by atoms with Gasteiger partial charge in [0.1, 0.15) is 12.1 Å². The maximum absolute atomic E-state index is 13.1. The van der Waals surface area contributed by atoms with Crippen molar-refractivity contribution in [3.8, 4) is 0 Å². The van der Waals surface area contributed by atoms with Crippen molar-refractivity contribution in [2.45, 2.75) is 69.6 Å². The number of carbonyl (C=O) groups is 5. The number of aromatic nitrogens is 1. The van der Waals surface area contributed by atoms with E-state index < -0.39 is 60.1 Å². The van der Waals surface area contributed by atoms with Gasteiger partial charge in [-0.3, -0.25) is 29.3 Å². The second-order valence-corrected chi connectivity index (χ2v) is 10.2. The van der Waals surface area contributed by atoms with Crippen LogP contribution in [0.2, 0.25) is 0 Å². The van der Waals surface area contributed by atoms with E-state index in [-0.39, 0.29) is 19.3 Å². The molecule has 12 nitrogen and oxygen atoms in total. The maximum Gasteiger partial charge on any atom is 0.243 e. The zero-order chi connectivity index (χ0) is 30.6. The Morgan fingerprint density at radius 1 is 0.810 bits per heavy atom. The van der Waals surface area contributed by atoms with E-state index in [0.29, 0.717) is 6.42 Å². The van der Waals surface area contributed by atoms with E-state index in [1.807, 2.05) is 37.3 Å². The number of fused-ring (bicyclic) bond motifs is 1. The van der Waals surface area contributed by atoms with Crippen LogP contribution in [0.5, 0.6) is 0 Å². The smallest absolute Gasteiger partial charge is 0.243 e. The third-order valence-corrected chi connectivity index (χ3v) is 6.88. The Morgan fingerprint density at radius 2 is 1.45 bits per heavy atom. The molecule has 0 fully saturated rings. The van der Waals surface area contributed by atoms with Crippen LogP contribution >= 0.6 is 0 Å². The van der Waals surface area contributed by atoms with Crippen molar-refractivity contribution in [3.63, 3.8) is 0 Å². The SMILES string of the molecule is CCCC[C@H](NC(=O)[C@@H](N)Cc1c[nH]c2ccccc12)C(=O)N[C@@H](CC(=O)NC(=O)[C@@H](N)Cc1ccccc1)C(N)=O. The Labute approximate surface area is 244 Å². The summed E-state index contributed by atoms with van der Waals surface area (Å²) in [5.41, 5.74) is 20.1. The number of nitrogens with two attached hydrogens (primary N) is 3. The summed E-state index contributed by atoms with van der Waals surface area (Å²) in [5, 5.41) is 8.20. The number of H-pyrrole nitrogens is 1. The highest BCUT2D eigenvalue weighted by Crippen LogP contribution is 2.19. The molecule has 0 bridgehead atoms. The van der Waals surface area contributed by atoms with E-state index >= 15 is 0 Å². The van der Waals surface area contributed by atoms with Gasteiger partial charge in [0.05, 0.1) is 18.5 Å². The van der Waals surface area contributed by atoms with Gasteiger partial charge < -0.3 is 32.8 Å². The van der Waals surface area contributed by atoms with Crippen LogP contribution < -0.4 is 33.2 Å². The molecule has 1 aromatic heterocycles. The summed E-state index contributed by atoms with van der Waals surface area (Å²) >= 11 is 0. The lowest BCUT2D eigenvalue weighted by molar-refractivity contribution is -0.135. The lowest BCUT2D eigenvalue weighted by Gasteiger charge is -2.23. The molecule has 0 aliphatic rings. The maximum atomic E-state index is 13.1. The minimum absolute atomic E-state index is 0.206. The summed E-state index contributed by atoms with van der Waals surface area (Å²) in [4.78, 5) is 66.3. The fraction of sp³-hybridized carbons (Fsp3) is 0.367. The Morgan fingerprint density at radius 3 is 2.14 bits per heavy atom.